The van der Waals surface area contributed by atoms with Crippen molar-refractivity contribution in [2.75, 3.05) is 19.6 Å². The van der Waals surface area contributed by atoms with Crippen molar-refractivity contribution in [2.45, 2.75) is 90.1 Å². The molecule has 2 nitrogen and oxygen atoms in total. The molecule has 2 aliphatic rings. The van der Waals surface area contributed by atoms with Crippen LogP contribution in [0.2, 0.25) is 0 Å². The van der Waals surface area contributed by atoms with Crippen molar-refractivity contribution in [1.82, 2.24) is 10.2 Å². The zero-order valence-corrected chi connectivity index (χ0v) is 14.1. The first-order valence-electron chi connectivity index (χ1n) is 9.23. The second-order valence-electron chi connectivity index (χ2n) is 7.16. The summed E-state index contributed by atoms with van der Waals surface area (Å²) in [7, 11) is 0. The Balaban J connectivity index is 2.02. The summed E-state index contributed by atoms with van der Waals surface area (Å²) < 4.78 is 0. The molecule has 1 aliphatic heterocycles. The molecule has 0 radical (unpaired) electrons. The van der Waals surface area contributed by atoms with Gasteiger partial charge >= 0.3 is 0 Å². The van der Waals surface area contributed by atoms with Crippen LogP contribution in [-0.2, 0) is 0 Å². The maximum atomic E-state index is 3.94. The van der Waals surface area contributed by atoms with Crippen molar-refractivity contribution >= 4 is 0 Å². The zero-order valence-electron chi connectivity index (χ0n) is 14.1. The summed E-state index contributed by atoms with van der Waals surface area (Å²) in [5.74, 6) is 0.958. The summed E-state index contributed by atoms with van der Waals surface area (Å²) in [4.78, 5) is 2.86. The molecular formula is C18H36N2. The Kier molecular flexibility index (Phi) is 6.35. The zero-order chi connectivity index (χ0) is 14.4. The van der Waals surface area contributed by atoms with E-state index in [9.17, 15) is 0 Å². The fraction of sp³-hybridized carbons (Fsp3) is 1.00. The maximum Gasteiger partial charge on any atom is 0.0304 e. The largest absolute Gasteiger partial charge is 0.308 e. The van der Waals surface area contributed by atoms with Crippen LogP contribution < -0.4 is 5.32 Å². The lowest BCUT2D eigenvalue weighted by Crippen LogP contribution is -2.65. The normalized spacial score (nSPS) is 28.6. The van der Waals surface area contributed by atoms with Crippen LogP contribution in [0, 0.1) is 5.92 Å². The second kappa shape index (κ2) is 7.79. The molecule has 0 aromatic heterocycles. The van der Waals surface area contributed by atoms with Gasteiger partial charge in [-0.1, -0.05) is 46.5 Å². The van der Waals surface area contributed by atoms with Gasteiger partial charge in [-0.15, -0.1) is 0 Å². The van der Waals surface area contributed by atoms with Crippen molar-refractivity contribution in [1.29, 1.82) is 0 Å². The van der Waals surface area contributed by atoms with Crippen molar-refractivity contribution in [3.63, 3.8) is 0 Å². The van der Waals surface area contributed by atoms with Gasteiger partial charge in [0.25, 0.3) is 0 Å². The Hall–Kier alpha value is -0.0800. The molecule has 0 spiro atoms. The number of piperazine rings is 1. The lowest BCUT2D eigenvalue weighted by Gasteiger charge is -2.50. The first-order chi connectivity index (χ1) is 9.74. The molecule has 0 bridgehead atoms. The van der Waals surface area contributed by atoms with E-state index in [1.54, 1.807) is 0 Å². The van der Waals surface area contributed by atoms with Crippen molar-refractivity contribution in [3.8, 4) is 0 Å². The van der Waals surface area contributed by atoms with E-state index in [1.165, 1.54) is 77.4 Å². The van der Waals surface area contributed by atoms with Gasteiger partial charge in [0, 0.05) is 24.7 Å². The van der Waals surface area contributed by atoms with Crippen LogP contribution in [0.3, 0.4) is 0 Å². The predicted molar refractivity (Wildman–Crippen MR) is 88.2 cm³/mol. The Morgan fingerprint density at radius 1 is 1.05 bits per heavy atom. The lowest BCUT2D eigenvalue weighted by molar-refractivity contribution is 0.0315. The van der Waals surface area contributed by atoms with E-state index in [2.05, 4.69) is 31.0 Å². The van der Waals surface area contributed by atoms with Gasteiger partial charge in [-0.25, -0.2) is 0 Å². The summed E-state index contributed by atoms with van der Waals surface area (Å²) in [5.41, 5.74) is 0.388. The van der Waals surface area contributed by atoms with Gasteiger partial charge < -0.3 is 5.32 Å². The number of hydrogen-bond acceptors (Lipinski definition) is 2. The average Bonchev–Trinajstić information content (AvgIpc) is 2.53. The summed E-state index contributed by atoms with van der Waals surface area (Å²) >= 11 is 0. The quantitative estimate of drug-likeness (QED) is 0.784. The van der Waals surface area contributed by atoms with Crippen LogP contribution >= 0.6 is 0 Å². The molecule has 2 fully saturated rings. The lowest BCUT2D eigenvalue weighted by atomic mass is 9.79. The molecule has 1 atom stereocenters. The topological polar surface area (TPSA) is 15.3 Å². The smallest absolute Gasteiger partial charge is 0.0304 e. The molecule has 0 amide bonds. The molecule has 118 valence electrons. The highest BCUT2D eigenvalue weighted by Gasteiger charge is 2.39. The van der Waals surface area contributed by atoms with Gasteiger partial charge in [0.1, 0.15) is 0 Å². The van der Waals surface area contributed by atoms with Gasteiger partial charge in [-0.2, -0.15) is 0 Å². The minimum absolute atomic E-state index is 0.388. The molecule has 1 unspecified atom stereocenters. The number of hydrogen-bond donors (Lipinski definition) is 1. The average molecular weight is 280 g/mol. The first kappa shape index (κ1) is 16.3. The fourth-order valence-corrected chi connectivity index (χ4v) is 4.33. The highest BCUT2D eigenvalue weighted by Crippen LogP contribution is 2.33. The molecule has 1 N–H and O–H groups in total. The Bertz CT molecular complexity index is 267. The van der Waals surface area contributed by atoms with Crippen LogP contribution in [0.4, 0.5) is 0 Å². The van der Waals surface area contributed by atoms with Crippen LogP contribution in [0.15, 0.2) is 0 Å². The van der Waals surface area contributed by atoms with Crippen molar-refractivity contribution < 1.29 is 0 Å². The highest BCUT2D eigenvalue weighted by atomic mass is 15.3. The van der Waals surface area contributed by atoms with Crippen LogP contribution in [0.25, 0.3) is 0 Å². The molecule has 20 heavy (non-hydrogen) atoms. The SMILES string of the molecule is CCCCN1CC(CC)(CC)NCC1C1CCCCC1. The molecule has 2 rings (SSSR count). The second-order valence-corrected chi connectivity index (χ2v) is 7.16. The Labute approximate surface area is 126 Å². The van der Waals surface area contributed by atoms with Gasteiger partial charge in [-0.3, -0.25) is 4.90 Å². The monoisotopic (exact) mass is 280 g/mol. The number of nitrogens with zero attached hydrogens (tertiary/aromatic N) is 1. The molecule has 0 aromatic rings. The molecular weight excluding hydrogens is 244 g/mol. The van der Waals surface area contributed by atoms with E-state index in [4.69, 9.17) is 0 Å². The van der Waals surface area contributed by atoms with Gasteiger partial charge in [0.05, 0.1) is 0 Å². The first-order valence-corrected chi connectivity index (χ1v) is 9.23. The van der Waals surface area contributed by atoms with E-state index in [1.807, 2.05) is 0 Å². The van der Waals surface area contributed by atoms with Crippen molar-refractivity contribution in [2.24, 2.45) is 5.92 Å². The third-order valence-corrected chi connectivity index (χ3v) is 6.01. The molecule has 0 aromatic carbocycles. The van der Waals surface area contributed by atoms with E-state index >= 15 is 0 Å². The number of unbranched alkanes of at least 4 members (excludes halogenated alkanes) is 1. The minimum atomic E-state index is 0.388. The standard InChI is InChI=1S/C18H36N2/c1-4-7-13-20-15-18(5-2,6-3)19-14-17(20)16-11-9-8-10-12-16/h16-17,19H,4-15H2,1-3H3. The van der Waals surface area contributed by atoms with Gasteiger partial charge in [-0.05, 0) is 44.6 Å². The molecule has 1 heterocycles. The van der Waals surface area contributed by atoms with Gasteiger partial charge in [0.15, 0.2) is 0 Å². The minimum Gasteiger partial charge on any atom is -0.308 e. The molecule has 2 heteroatoms. The maximum absolute atomic E-state index is 3.94. The van der Waals surface area contributed by atoms with E-state index in [-0.39, 0.29) is 0 Å². The highest BCUT2D eigenvalue weighted by molar-refractivity contribution is 4.98. The van der Waals surface area contributed by atoms with E-state index in [0.29, 0.717) is 5.54 Å². The predicted octanol–water partition coefficient (Wildman–Crippen LogP) is 4.20. The summed E-state index contributed by atoms with van der Waals surface area (Å²) in [6.45, 7) is 10.9. The molecule has 1 aliphatic carbocycles. The van der Waals surface area contributed by atoms with Gasteiger partial charge in [0.2, 0.25) is 0 Å². The summed E-state index contributed by atoms with van der Waals surface area (Å²) in [6.07, 6.45) is 12.6. The van der Waals surface area contributed by atoms with E-state index < -0.39 is 0 Å². The number of rotatable bonds is 6. The molecule has 1 saturated carbocycles. The number of nitrogens with one attached hydrogen (secondary N) is 1. The fourth-order valence-electron chi connectivity index (χ4n) is 4.33. The summed E-state index contributed by atoms with van der Waals surface area (Å²) in [5, 5.41) is 3.94. The third kappa shape index (κ3) is 3.76. The van der Waals surface area contributed by atoms with Crippen LogP contribution in [0.1, 0.15) is 78.6 Å². The third-order valence-electron chi connectivity index (χ3n) is 6.01. The van der Waals surface area contributed by atoms with Crippen molar-refractivity contribution in [3.05, 3.63) is 0 Å². The molecule has 1 saturated heterocycles. The Morgan fingerprint density at radius 3 is 2.35 bits per heavy atom. The Morgan fingerprint density at radius 2 is 1.75 bits per heavy atom. The van der Waals surface area contributed by atoms with E-state index in [0.717, 1.165) is 12.0 Å². The summed E-state index contributed by atoms with van der Waals surface area (Å²) in [6, 6.07) is 0.813. The van der Waals surface area contributed by atoms with Crippen LogP contribution in [-0.4, -0.2) is 36.1 Å². The van der Waals surface area contributed by atoms with Crippen LogP contribution in [0.5, 0.6) is 0 Å².